The summed E-state index contributed by atoms with van der Waals surface area (Å²) >= 11 is 1.33. The van der Waals surface area contributed by atoms with Gasteiger partial charge in [-0.05, 0) is 60.7 Å². The third-order valence-electron chi connectivity index (χ3n) is 9.89. The summed E-state index contributed by atoms with van der Waals surface area (Å²) in [4.78, 5) is 107. The lowest BCUT2D eigenvalue weighted by Crippen LogP contribution is -2.62. The van der Waals surface area contributed by atoms with Gasteiger partial charge in [0.25, 0.3) is 5.56 Å². The molecule has 1 saturated heterocycles. The standard InChI is InChI=1S/C40H51N9O13S/c1-21(48(2)36(57)28(43-32(54)19-41)16-22-6-4-8-24(50)14-22)33(35(56)42-20-26-18-30(52)37(62-26)49-12-10-31(53)46-40(49)61)47-34(55)27(11-13-63-3)44-39(60)45-29(38(58)59)17-23-7-5-9-25(51)15-23/h4-10,12,14-15,20-21,27-30,33,37,50-52H,11,13,16-19,41H2,1-3H3,(H,42,56)(H,43,54)(H,47,55)(H,58,59)(H2,44,45,60)(H,46,53,61)/b26-20+/t21?,27-,28-,29-,30?,33?,37?/m0/s1. The highest BCUT2D eigenvalue weighted by Crippen LogP contribution is 2.30. The number of urea groups is 1. The van der Waals surface area contributed by atoms with Crippen LogP contribution in [0, 0.1) is 0 Å². The number of phenolic OH excluding ortho intramolecular Hbond substituents is 2. The van der Waals surface area contributed by atoms with E-state index in [1.54, 1.807) is 24.5 Å². The molecule has 4 rings (SSSR count). The molecule has 1 fully saturated rings. The highest BCUT2D eigenvalue weighted by atomic mass is 32.2. The predicted molar refractivity (Wildman–Crippen MR) is 227 cm³/mol. The van der Waals surface area contributed by atoms with Crippen molar-refractivity contribution in [3.63, 3.8) is 0 Å². The van der Waals surface area contributed by atoms with Crippen molar-refractivity contribution in [1.82, 2.24) is 41.0 Å². The number of aromatic hydroxyl groups is 2. The number of carboxylic acid groups (broad SMARTS) is 1. The number of nitrogens with two attached hydrogens (primary N) is 1. The van der Waals surface area contributed by atoms with Gasteiger partial charge in [-0.1, -0.05) is 24.3 Å². The second-order valence-electron chi connectivity index (χ2n) is 14.5. The molecule has 63 heavy (non-hydrogen) atoms. The highest BCUT2D eigenvalue weighted by molar-refractivity contribution is 7.98. The molecule has 0 aliphatic carbocycles. The Kier molecular flexibility index (Phi) is 17.7. The van der Waals surface area contributed by atoms with Gasteiger partial charge in [-0.3, -0.25) is 33.5 Å². The lowest BCUT2D eigenvalue weighted by molar-refractivity contribution is -0.140. The van der Waals surface area contributed by atoms with E-state index >= 15 is 0 Å². The molecular weight excluding hydrogens is 847 g/mol. The van der Waals surface area contributed by atoms with Gasteiger partial charge in [0.05, 0.1) is 12.6 Å². The number of aromatic nitrogens is 2. The van der Waals surface area contributed by atoms with Crippen molar-refractivity contribution >= 4 is 47.4 Å². The van der Waals surface area contributed by atoms with Crippen molar-refractivity contribution < 1.29 is 53.9 Å². The largest absolute Gasteiger partial charge is 0.508 e. The van der Waals surface area contributed by atoms with Gasteiger partial charge >= 0.3 is 17.7 Å². The second kappa shape index (κ2) is 22.8. The first-order valence-electron chi connectivity index (χ1n) is 19.5. The smallest absolute Gasteiger partial charge is 0.331 e. The summed E-state index contributed by atoms with van der Waals surface area (Å²) in [5.41, 5.74) is 4.86. The van der Waals surface area contributed by atoms with E-state index in [0.717, 1.165) is 27.9 Å². The number of likely N-dealkylation sites (N-methyl/N-ethyl adjacent to an activating group) is 1. The second-order valence-corrected chi connectivity index (χ2v) is 15.5. The molecule has 23 heteroatoms. The van der Waals surface area contributed by atoms with Crippen molar-refractivity contribution in [1.29, 1.82) is 0 Å². The number of aliphatic hydroxyl groups excluding tert-OH is 1. The molecule has 0 radical (unpaired) electrons. The lowest BCUT2D eigenvalue weighted by atomic mass is 10.0. The summed E-state index contributed by atoms with van der Waals surface area (Å²) in [6.07, 6.45) is 0.858. The van der Waals surface area contributed by atoms with Gasteiger partial charge in [0, 0.05) is 44.8 Å². The molecule has 6 amide bonds. The van der Waals surface area contributed by atoms with E-state index in [1.165, 1.54) is 56.1 Å². The molecule has 1 aromatic heterocycles. The minimum Gasteiger partial charge on any atom is -0.508 e. The van der Waals surface area contributed by atoms with Crippen molar-refractivity contribution in [2.45, 2.75) is 75.1 Å². The van der Waals surface area contributed by atoms with Crippen LogP contribution in [-0.2, 0) is 41.6 Å². The van der Waals surface area contributed by atoms with Crippen LogP contribution in [0.3, 0.4) is 0 Å². The fourth-order valence-electron chi connectivity index (χ4n) is 6.48. The number of thioether (sulfide) groups is 1. The number of nitrogens with zero attached hydrogens (tertiary/aromatic N) is 2. The van der Waals surface area contributed by atoms with Gasteiger partial charge in [0.15, 0.2) is 0 Å². The Hall–Kier alpha value is -6.85. The fourth-order valence-corrected chi connectivity index (χ4v) is 6.95. The lowest BCUT2D eigenvalue weighted by Gasteiger charge is -2.34. The third kappa shape index (κ3) is 14.1. The number of nitrogens with one attached hydrogen (secondary N) is 6. The van der Waals surface area contributed by atoms with Crippen LogP contribution < -0.4 is 43.6 Å². The molecule has 2 aromatic carbocycles. The van der Waals surface area contributed by atoms with Gasteiger partial charge in [0.1, 0.15) is 47.5 Å². The first-order valence-corrected chi connectivity index (χ1v) is 20.9. The number of hydrogen-bond donors (Lipinski definition) is 11. The number of hydrogen-bond acceptors (Lipinski definition) is 14. The molecule has 7 atom stereocenters. The molecule has 12 N–H and O–H groups in total. The number of aromatic amines is 1. The predicted octanol–water partition coefficient (Wildman–Crippen LogP) is -1.68. The average Bonchev–Trinajstić information content (AvgIpc) is 3.61. The summed E-state index contributed by atoms with van der Waals surface area (Å²) in [5.74, 6) is -4.53. The molecule has 22 nitrogen and oxygen atoms in total. The molecule has 0 saturated carbocycles. The molecule has 0 bridgehead atoms. The van der Waals surface area contributed by atoms with Crippen LogP contribution in [0.15, 0.2) is 82.3 Å². The maximum Gasteiger partial charge on any atom is 0.331 e. The number of amides is 6. The Balaban J connectivity index is 1.61. The zero-order chi connectivity index (χ0) is 46.4. The zero-order valence-electron chi connectivity index (χ0n) is 34.5. The Morgan fingerprint density at radius 1 is 0.937 bits per heavy atom. The molecular formula is C40H51N9O13S. The van der Waals surface area contributed by atoms with Crippen LogP contribution in [0.2, 0.25) is 0 Å². The SMILES string of the molecule is CSCC[C@H](NC(=O)N[C@@H](Cc1cccc(O)c1)C(=O)O)C(=O)NC(C(=O)N/C=C1\CC(O)C(n2ccc(=O)[nH]c2=O)O1)C(C)N(C)C(=O)[C@H](Cc1cccc(O)c1)NC(=O)CN. The molecule has 2 heterocycles. The zero-order valence-corrected chi connectivity index (χ0v) is 35.3. The molecule has 1 aliphatic rings. The quantitative estimate of drug-likeness (QED) is 0.0604. The van der Waals surface area contributed by atoms with Gasteiger partial charge in [-0.15, -0.1) is 0 Å². The number of aliphatic carboxylic acids is 1. The van der Waals surface area contributed by atoms with Gasteiger partial charge in [-0.2, -0.15) is 11.8 Å². The summed E-state index contributed by atoms with van der Waals surface area (Å²) in [6, 6.07) is 4.86. The minimum atomic E-state index is -1.61. The van der Waals surface area contributed by atoms with Crippen LogP contribution in [-0.4, -0.2) is 132 Å². The Labute approximate surface area is 364 Å². The average molecular weight is 898 g/mol. The molecule has 0 spiro atoms. The number of ether oxygens (including phenoxy) is 1. The van der Waals surface area contributed by atoms with E-state index in [1.807, 2.05) is 0 Å². The number of aliphatic hydroxyl groups is 1. The number of carboxylic acids is 1. The summed E-state index contributed by atoms with van der Waals surface area (Å²) in [6.45, 7) is 0.963. The first-order chi connectivity index (χ1) is 29.9. The molecule has 340 valence electrons. The van der Waals surface area contributed by atoms with Gasteiger partial charge in [-0.25, -0.2) is 14.4 Å². The van der Waals surface area contributed by atoms with E-state index in [0.29, 0.717) is 16.9 Å². The Bertz CT molecular complexity index is 2290. The maximum atomic E-state index is 14.1. The van der Waals surface area contributed by atoms with Crippen LogP contribution >= 0.6 is 11.8 Å². The van der Waals surface area contributed by atoms with E-state index < -0.39 is 96.0 Å². The van der Waals surface area contributed by atoms with Crippen molar-refractivity contribution in [3.8, 4) is 11.5 Å². The van der Waals surface area contributed by atoms with Gasteiger partial charge < -0.3 is 62.4 Å². The van der Waals surface area contributed by atoms with Crippen molar-refractivity contribution in [3.05, 3.63) is 105 Å². The van der Waals surface area contributed by atoms with E-state index in [4.69, 9.17) is 10.5 Å². The summed E-state index contributed by atoms with van der Waals surface area (Å²) in [5, 5.41) is 52.8. The Morgan fingerprint density at radius 3 is 2.13 bits per heavy atom. The Morgan fingerprint density at radius 2 is 1.56 bits per heavy atom. The number of H-pyrrole nitrogens is 1. The molecule has 1 aliphatic heterocycles. The van der Waals surface area contributed by atoms with E-state index in [2.05, 4.69) is 31.6 Å². The van der Waals surface area contributed by atoms with Gasteiger partial charge in [0.2, 0.25) is 29.9 Å². The maximum absolute atomic E-state index is 14.1. The molecule has 4 unspecified atom stereocenters. The number of phenols is 2. The minimum absolute atomic E-state index is 0.000605. The van der Waals surface area contributed by atoms with Crippen LogP contribution in [0.1, 0.15) is 37.1 Å². The van der Waals surface area contributed by atoms with Crippen LogP contribution in [0.25, 0.3) is 0 Å². The van der Waals surface area contributed by atoms with Crippen LogP contribution in [0.5, 0.6) is 11.5 Å². The highest BCUT2D eigenvalue weighted by Gasteiger charge is 2.38. The number of carbonyl (C=O) groups is 6. The monoisotopic (exact) mass is 897 g/mol. The summed E-state index contributed by atoms with van der Waals surface area (Å²) < 4.78 is 6.65. The normalized spacial score (nSPS) is 17.5. The third-order valence-corrected chi connectivity index (χ3v) is 10.5. The number of benzene rings is 2. The summed E-state index contributed by atoms with van der Waals surface area (Å²) in [7, 11) is 1.32. The first kappa shape index (κ1) is 48.8. The van der Waals surface area contributed by atoms with Crippen molar-refractivity contribution in [2.24, 2.45) is 5.73 Å². The van der Waals surface area contributed by atoms with E-state index in [9.17, 15) is 58.8 Å². The van der Waals surface area contributed by atoms with E-state index in [-0.39, 0.29) is 42.9 Å². The van der Waals surface area contributed by atoms with Crippen LogP contribution in [0.4, 0.5) is 4.79 Å². The number of carbonyl (C=O) groups excluding carboxylic acids is 5. The van der Waals surface area contributed by atoms with Crippen molar-refractivity contribution in [2.75, 3.05) is 25.6 Å². The topological polar surface area (TPSA) is 337 Å². The number of rotatable bonds is 20. The molecule has 3 aromatic rings. The fraction of sp³-hybridized carbons (Fsp3) is 0.400.